The van der Waals surface area contributed by atoms with Crippen LogP contribution in [-0.4, -0.2) is 29.8 Å². The van der Waals surface area contributed by atoms with Crippen molar-refractivity contribution in [1.82, 2.24) is 0 Å². The van der Waals surface area contributed by atoms with Gasteiger partial charge < -0.3 is 23.4 Å². The Morgan fingerprint density at radius 2 is 2.13 bits per heavy atom. The number of hydrogen-bond donors (Lipinski definition) is 0. The summed E-state index contributed by atoms with van der Waals surface area (Å²) in [5, 5.41) is 0. The first kappa shape index (κ1) is 17.8. The minimum Gasteiger partial charge on any atom is -0.472 e. The highest BCUT2D eigenvalue weighted by atomic mass is 16.8. The Labute approximate surface area is 175 Å². The minimum absolute atomic E-state index is 0.00373. The van der Waals surface area contributed by atoms with Crippen LogP contribution in [0.2, 0.25) is 0 Å². The molecule has 6 aliphatic rings. The molecule has 2 spiro atoms. The lowest BCUT2D eigenvalue weighted by Gasteiger charge is -2.44. The molecule has 0 unspecified atom stereocenters. The number of ether oxygens (including phenoxy) is 4. The predicted octanol–water partition coefficient (Wildman–Crippen LogP) is 4.19. The van der Waals surface area contributed by atoms with Gasteiger partial charge in [-0.05, 0) is 45.3 Å². The van der Waals surface area contributed by atoms with Gasteiger partial charge in [-0.1, -0.05) is 11.6 Å². The summed E-state index contributed by atoms with van der Waals surface area (Å²) in [6, 6.07) is 2.02. The lowest BCUT2D eigenvalue weighted by atomic mass is 9.72. The molecule has 4 fully saturated rings. The van der Waals surface area contributed by atoms with E-state index in [9.17, 15) is 4.79 Å². The van der Waals surface area contributed by atoms with Gasteiger partial charge in [-0.15, -0.1) is 0 Å². The van der Waals surface area contributed by atoms with E-state index in [0.29, 0.717) is 6.42 Å². The van der Waals surface area contributed by atoms with Gasteiger partial charge in [0.05, 0.1) is 29.6 Å². The van der Waals surface area contributed by atoms with Crippen molar-refractivity contribution in [3.63, 3.8) is 0 Å². The summed E-state index contributed by atoms with van der Waals surface area (Å²) >= 11 is 0. The number of allylic oxidation sites excluding steroid dienone is 1. The third-order valence-electron chi connectivity index (χ3n) is 8.65. The Bertz CT molecular complexity index is 991. The molecule has 5 heterocycles. The van der Waals surface area contributed by atoms with Gasteiger partial charge in [-0.3, -0.25) is 0 Å². The van der Waals surface area contributed by atoms with E-state index in [1.54, 1.807) is 6.26 Å². The van der Waals surface area contributed by atoms with Crippen molar-refractivity contribution in [2.24, 2.45) is 16.7 Å². The molecule has 6 nitrogen and oxygen atoms in total. The Kier molecular flexibility index (Phi) is 3.13. The quantitative estimate of drug-likeness (QED) is 0.538. The average molecular weight is 410 g/mol. The average Bonchev–Trinajstić information content (AvgIpc) is 3.13. The Balaban J connectivity index is 1.24. The Morgan fingerprint density at radius 1 is 1.23 bits per heavy atom. The van der Waals surface area contributed by atoms with Gasteiger partial charge >= 0.3 is 5.97 Å². The lowest BCUT2D eigenvalue weighted by Crippen LogP contribution is -2.48. The highest BCUT2D eigenvalue weighted by molar-refractivity contribution is 5.84. The standard InChI is InChI=1S/C24H26O6/c1-21(2)16(17-5-6-18(25)27-17)11-23(30-21)10-15-4-3-8-22-13-24(15,22)20(29-23)28-19(22)14-7-9-26-12-14/h4-7,9,12,16-17,19-20H,3,8,10-11,13H2,1-2H3/t16-,17+,19+,20+,22-,23-,24-/m1/s1. The van der Waals surface area contributed by atoms with Crippen LogP contribution < -0.4 is 0 Å². The number of furan rings is 1. The second-order valence-corrected chi connectivity index (χ2v) is 10.5. The lowest BCUT2D eigenvalue weighted by molar-refractivity contribution is -0.334. The summed E-state index contributed by atoms with van der Waals surface area (Å²) in [7, 11) is 0. The van der Waals surface area contributed by atoms with Gasteiger partial charge in [0.2, 0.25) is 0 Å². The second kappa shape index (κ2) is 5.29. The summed E-state index contributed by atoms with van der Waals surface area (Å²) < 4.78 is 30.9. The van der Waals surface area contributed by atoms with Crippen LogP contribution in [0.15, 0.2) is 46.8 Å². The molecule has 0 aromatic carbocycles. The van der Waals surface area contributed by atoms with Gasteiger partial charge in [-0.25, -0.2) is 4.79 Å². The molecule has 0 N–H and O–H groups in total. The summed E-state index contributed by atoms with van der Waals surface area (Å²) in [5.41, 5.74) is 2.16. The van der Waals surface area contributed by atoms with Crippen molar-refractivity contribution in [2.75, 3.05) is 0 Å². The molecule has 158 valence electrons. The largest absolute Gasteiger partial charge is 0.472 e. The maximum Gasteiger partial charge on any atom is 0.331 e. The molecule has 1 aromatic heterocycles. The van der Waals surface area contributed by atoms with E-state index in [2.05, 4.69) is 19.9 Å². The number of carbonyl (C=O) groups is 1. The third-order valence-corrected chi connectivity index (χ3v) is 8.65. The molecular weight excluding hydrogens is 384 g/mol. The molecule has 7 atom stereocenters. The molecule has 0 radical (unpaired) electrons. The van der Waals surface area contributed by atoms with Crippen LogP contribution in [0.3, 0.4) is 0 Å². The highest BCUT2D eigenvalue weighted by Gasteiger charge is 2.84. The van der Waals surface area contributed by atoms with E-state index < -0.39 is 11.4 Å². The molecule has 2 aliphatic carbocycles. The van der Waals surface area contributed by atoms with Gasteiger partial charge in [0.1, 0.15) is 6.10 Å². The molecule has 1 saturated carbocycles. The van der Waals surface area contributed by atoms with Crippen LogP contribution in [0.1, 0.15) is 57.6 Å². The van der Waals surface area contributed by atoms with Crippen molar-refractivity contribution in [3.05, 3.63) is 48.0 Å². The monoisotopic (exact) mass is 410 g/mol. The third kappa shape index (κ3) is 1.98. The first-order valence-electron chi connectivity index (χ1n) is 11.0. The SMILES string of the molecule is CC1(C)O[C@]2(CC3=CCC[C@]45C[C@]34[C@@H](O[C@H]5c3ccoc3)O2)C[C@@H]1[C@@H]1C=CC(=O)O1. The molecular formula is C24H26O6. The van der Waals surface area contributed by atoms with Crippen molar-refractivity contribution in [1.29, 1.82) is 0 Å². The summed E-state index contributed by atoms with van der Waals surface area (Å²) in [4.78, 5) is 11.7. The minimum atomic E-state index is -0.740. The van der Waals surface area contributed by atoms with Gasteiger partial charge in [0.25, 0.3) is 0 Å². The maximum absolute atomic E-state index is 11.7. The van der Waals surface area contributed by atoms with Crippen LogP contribution >= 0.6 is 0 Å². The van der Waals surface area contributed by atoms with E-state index >= 15 is 0 Å². The summed E-state index contributed by atoms with van der Waals surface area (Å²) in [5.74, 6) is -0.982. The number of cyclic esters (lactones) is 1. The van der Waals surface area contributed by atoms with Crippen LogP contribution in [0.25, 0.3) is 0 Å². The number of carbonyl (C=O) groups excluding carboxylic acids is 1. The fraction of sp³-hybridized carbons (Fsp3) is 0.625. The van der Waals surface area contributed by atoms with E-state index in [4.69, 9.17) is 23.4 Å². The topological polar surface area (TPSA) is 67.1 Å². The summed E-state index contributed by atoms with van der Waals surface area (Å²) in [6.45, 7) is 4.14. The van der Waals surface area contributed by atoms with Crippen molar-refractivity contribution in [3.8, 4) is 0 Å². The van der Waals surface area contributed by atoms with Crippen LogP contribution in [0, 0.1) is 16.7 Å². The molecule has 1 aromatic rings. The zero-order chi connectivity index (χ0) is 20.4. The fourth-order valence-corrected chi connectivity index (χ4v) is 7.36. The van der Waals surface area contributed by atoms with Crippen LogP contribution in [0.5, 0.6) is 0 Å². The van der Waals surface area contributed by atoms with Gasteiger partial charge in [-0.2, -0.15) is 0 Å². The highest BCUT2D eigenvalue weighted by Crippen LogP contribution is 2.85. The first-order chi connectivity index (χ1) is 14.4. The normalized spacial score (nSPS) is 49.7. The molecule has 0 amide bonds. The predicted molar refractivity (Wildman–Crippen MR) is 104 cm³/mol. The van der Waals surface area contributed by atoms with E-state index in [1.165, 1.54) is 11.6 Å². The fourth-order valence-electron chi connectivity index (χ4n) is 7.36. The molecule has 6 heteroatoms. The number of hydrogen-bond acceptors (Lipinski definition) is 6. The maximum atomic E-state index is 11.7. The van der Waals surface area contributed by atoms with Gasteiger partial charge in [0, 0.05) is 35.8 Å². The van der Waals surface area contributed by atoms with Crippen molar-refractivity contribution in [2.45, 2.75) is 75.8 Å². The van der Waals surface area contributed by atoms with E-state index in [-0.39, 0.29) is 41.2 Å². The summed E-state index contributed by atoms with van der Waals surface area (Å²) in [6.07, 6.45) is 13.5. The number of rotatable bonds is 2. The Hall–Kier alpha value is -1.89. The van der Waals surface area contributed by atoms with Crippen LogP contribution in [-0.2, 0) is 23.7 Å². The van der Waals surface area contributed by atoms with E-state index in [1.807, 2.05) is 18.4 Å². The molecule has 3 saturated heterocycles. The van der Waals surface area contributed by atoms with Crippen molar-refractivity contribution < 1.29 is 28.2 Å². The zero-order valence-corrected chi connectivity index (χ0v) is 17.3. The Morgan fingerprint density at radius 3 is 2.90 bits per heavy atom. The molecule has 0 bridgehead atoms. The smallest absolute Gasteiger partial charge is 0.331 e. The molecule has 30 heavy (non-hydrogen) atoms. The molecule has 7 rings (SSSR count). The van der Waals surface area contributed by atoms with Gasteiger partial charge in [0.15, 0.2) is 12.1 Å². The van der Waals surface area contributed by atoms with E-state index in [0.717, 1.165) is 31.2 Å². The van der Waals surface area contributed by atoms with Crippen molar-refractivity contribution >= 4 is 5.97 Å². The zero-order valence-electron chi connectivity index (χ0n) is 17.3. The van der Waals surface area contributed by atoms with Crippen LogP contribution in [0.4, 0.5) is 0 Å². The first-order valence-corrected chi connectivity index (χ1v) is 11.0. The second-order valence-electron chi connectivity index (χ2n) is 10.5. The number of esters is 1. The molecule has 4 aliphatic heterocycles.